The molecule has 1 aromatic carbocycles. The predicted molar refractivity (Wildman–Crippen MR) is 106 cm³/mol. The number of anilines is 2. The van der Waals surface area contributed by atoms with Gasteiger partial charge in [0.25, 0.3) is 10.9 Å². The number of fused-ring (bicyclic) bond motifs is 1. The summed E-state index contributed by atoms with van der Waals surface area (Å²) in [5.74, 6) is -0.126. The summed E-state index contributed by atoms with van der Waals surface area (Å²) in [6.45, 7) is 0.324. The minimum atomic E-state index is -0.458. The van der Waals surface area contributed by atoms with Crippen LogP contribution >= 0.6 is 11.3 Å². The van der Waals surface area contributed by atoms with Gasteiger partial charge in [0.2, 0.25) is 5.82 Å². The number of hydrogen-bond donors (Lipinski definition) is 2. The molecule has 3 aromatic heterocycles. The largest absolute Gasteiger partial charge is 0.372 e. The Balaban J connectivity index is 1.48. The molecule has 0 aliphatic rings. The van der Waals surface area contributed by atoms with E-state index >= 15 is 0 Å². The van der Waals surface area contributed by atoms with Crippen molar-refractivity contribution >= 4 is 39.5 Å². The summed E-state index contributed by atoms with van der Waals surface area (Å²) in [5.41, 5.74) is 1.98. The van der Waals surface area contributed by atoms with Gasteiger partial charge in [-0.1, -0.05) is 23.5 Å². The molecule has 0 saturated carbocycles. The fraction of sp³-hybridized carbons (Fsp3) is 0.0556. The molecule has 0 aliphatic carbocycles. The highest BCUT2D eigenvalue weighted by atomic mass is 32.1. The van der Waals surface area contributed by atoms with E-state index in [-0.39, 0.29) is 17.5 Å². The van der Waals surface area contributed by atoms with Gasteiger partial charge in [-0.25, -0.2) is 0 Å². The molecule has 0 radical (unpaired) electrons. The van der Waals surface area contributed by atoms with Gasteiger partial charge in [-0.2, -0.15) is 9.38 Å². The maximum absolute atomic E-state index is 12.3. The number of amides is 1. The fourth-order valence-corrected chi connectivity index (χ4v) is 3.43. The van der Waals surface area contributed by atoms with Crippen LogP contribution in [-0.4, -0.2) is 25.2 Å². The number of nitrogens with zero attached hydrogens (tertiary/aromatic N) is 4. The van der Waals surface area contributed by atoms with Crippen molar-refractivity contribution in [1.29, 1.82) is 0 Å². The smallest absolute Gasteiger partial charge is 0.359 e. The molecule has 0 atom stereocenters. The van der Waals surface area contributed by atoms with Gasteiger partial charge >= 0.3 is 5.82 Å². The molecule has 10 heteroatoms. The highest BCUT2D eigenvalue weighted by Gasteiger charge is 2.23. The van der Waals surface area contributed by atoms with Gasteiger partial charge in [0.05, 0.1) is 0 Å². The number of aromatic nitrogens is 3. The maximum atomic E-state index is 12.3. The zero-order valence-corrected chi connectivity index (χ0v) is 15.2. The van der Waals surface area contributed by atoms with E-state index in [0.717, 1.165) is 5.56 Å². The minimum Gasteiger partial charge on any atom is -0.359 e. The van der Waals surface area contributed by atoms with Crippen LogP contribution in [0.3, 0.4) is 0 Å². The second-order valence-electron chi connectivity index (χ2n) is 5.84. The van der Waals surface area contributed by atoms with E-state index in [1.165, 1.54) is 15.7 Å². The molecule has 0 unspecified atom stereocenters. The van der Waals surface area contributed by atoms with Crippen LogP contribution in [0.25, 0.3) is 4.96 Å². The summed E-state index contributed by atoms with van der Waals surface area (Å²) in [7, 11) is 0. The minimum absolute atomic E-state index is 0.0987. The summed E-state index contributed by atoms with van der Waals surface area (Å²) in [5, 5.41) is 19.0. The Kier molecular flexibility index (Phi) is 4.68. The van der Waals surface area contributed by atoms with E-state index in [2.05, 4.69) is 20.6 Å². The second-order valence-corrected chi connectivity index (χ2v) is 6.71. The molecule has 2 N–H and O–H groups in total. The Morgan fingerprint density at radius 1 is 1.25 bits per heavy atom. The molecule has 0 fully saturated rings. The Morgan fingerprint density at radius 3 is 2.86 bits per heavy atom. The molecule has 9 nitrogen and oxygen atoms in total. The van der Waals surface area contributed by atoms with Crippen LogP contribution in [0.1, 0.15) is 15.9 Å². The highest BCUT2D eigenvalue weighted by Crippen LogP contribution is 2.28. The summed E-state index contributed by atoms with van der Waals surface area (Å²) in [6.07, 6.45) is 4.72. The molecular formula is C18H14N6O3S. The van der Waals surface area contributed by atoms with Crippen LogP contribution in [0, 0.1) is 10.1 Å². The molecule has 28 heavy (non-hydrogen) atoms. The Morgan fingerprint density at radius 2 is 2.07 bits per heavy atom. The first-order valence-corrected chi connectivity index (χ1v) is 9.14. The van der Waals surface area contributed by atoms with Crippen molar-refractivity contribution in [3.63, 3.8) is 0 Å². The third-order valence-electron chi connectivity index (χ3n) is 4.00. The lowest BCUT2D eigenvalue weighted by atomic mass is 10.2. The summed E-state index contributed by atoms with van der Waals surface area (Å²) >= 11 is 1.32. The number of nitrogens with one attached hydrogen (secondary N) is 2. The molecule has 0 saturated heterocycles. The van der Waals surface area contributed by atoms with Crippen LogP contribution < -0.4 is 10.6 Å². The van der Waals surface area contributed by atoms with E-state index in [4.69, 9.17) is 0 Å². The van der Waals surface area contributed by atoms with Gasteiger partial charge in [0.1, 0.15) is 6.20 Å². The van der Waals surface area contributed by atoms with Crippen molar-refractivity contribution in [2.45, 2.75) is 6.54 Å². The lowest BCUT2D eigenvalue weighted by molar-refractivity contribution is -0.389. The number of carbonyl (C=O) groups excluding carboxylic acids is 1. The molecule has 140 valence electrons. The van der Waals surface area contributed by atoms with Gasteiger partial charge in [0, 0.05) is 35.6 Å². The average molecular weight is 394 g/mol. The molecule has 0 aliphatic heterocycles. The number of nitro groups is 1. The lowest BCUT2D eigenvalue weighted by Gasteiger charge is -2.08. The number of carbonyl (C=O) groups is 1. The van der Waals surface area contributed by atoms with E-state index < -0.39 is 4.92 Å². The van der Waals surface area contributed by atoms with Crippen LogP contribution in [0.15, 0.2) is 60.4 Å². The average Bonchev–Trinajstić information content (AvgIpc) is 3.28. The van der Waals surface area contributed by atoms with Crippen LogP contribution in [-0.2, 0) is 6.54 Å². The molecule has 0 bridgehead atoms. The van der Waals surface area contributed by atoms with Crippen molar-refractivity contribution in [2.24, 2.45) is 0 Å². The first-order chi connectivity index (χ1) is 13.6. The SMILES string of the molecule is O=C(Nc1cccc(CNc2nc3sccn3c2[N+](=O)[O-])c1)c1ccncc1. The number of thiazole rings is 1. The standard InChI is InChI=1S/C18H14N6O3S/c25-16(13-4-6-19-7-5-13)21-14-3-1-2-12(10-14)11-20-15-17(24(26)27)23-8-9-28-18(23)22-15/h1-10,20H,11H2,(H,21,25). The summed E-state index contributed by atoms with van der Waals surface area (Å²) in [4.78, 5) is 31.9. The summed E-state index contributed by atoms with van der Waals surface area (Å²) < 4.78 is 1.44. The van der Waals surface area contributed by atoms with Gasteiger partial charge in [0.15, 0.2) is 0 Å². The predicted octanol–water partition coefficient (Wildman–Crippen LogP) is 3.56. The van der Waals surface area contributed by atoms with Crippen molar-refractivity contribution in [1.82, 2.24) is 14.4 Å². The summed E-state index contributed by atoms with van der Waals surface area (Å²) in [6, 6.07) is 10.5. The molecule has 4 aromatic rings. The van der Waals surface area contributed by atoms with Gasteiger partial charge in [-0.3, -0.25) is 9.78 Å². The third-order valence-corrected chi connectivity index (χ3v) is 4.75. The fourth-order valence-electron chi connectivity index (χ4n) is 2.72. The van der Waals surface area contributed by atoms with E-state index in [1.54, 1.807) is 54.3 Å². The van der Waals surface area contributed by atoms with Gasteiger partial charge in [-0.05, 0) is 34.8 Å². The van der Waals surface area contributed by atoms with Crippen LogP contribution in [0.5, 0.6) is 0 Å². The maximum Gasteiger partial charge on any atom is 0.372 e. The van der Waals surface area contributed by atoms with E-state index in [0.29, 0.717) is 22.8 Å². The van der Waals surface area contributed by atoms with Crippen LogP contribution in [0.2, 0.25) is 0 Å². The quantitative estimate of drug-likeness (QED) is 0.382. The van der Waals surface area contributed by atoms with Crippen molar-refractivity contribution in [3.8, 4) is 0 Å². The Hall–Kier alpha value is -3.79. The van der Waals surface area contributed by atoms with Crippen molar-refractivity contribution < 1.29 is 9.72 Å². The van der Waals surface area contributed by atoms with Crippen LogP contribution in [0.4, 0.5) is 17.3 Å². The lowest BCUT2D eigenvalue weighted by Crippen LogP contribution is -2.12. The number of benzene rings is 1. The number of rotatable bonds is 6. The Bertz CT molecular complexity index is 1150. The second kappa shape index (κ2) is 7.45. The number of hydrogen-bond acceptors (Lipinski definition) is 7. The monoisotopic (exact) mass is 394 g/mol. The number of imidazole rings is 1. The third kappa shape index (κ3) is 3.53. The highest BCUT2D eigenvalue weighted by molar-refractivity contribution is 7.15. The molecule has 0 spiro atoms. The molecule has 3 heterocycles. The molecular weight excluding hydrogens is 380 g/mol. The molecule has 1 amide bonds. The first-order valence-electron chi connectivity index (χ1n) is 8.26. The first kappa shape index (κ1) is 17.6. The van der Waals surface area contributed by atoms with Crippen molar-refractivity contribution in [3.05, 3.63) is 81.6 Å². The zero-order chi connectivity index (χ0) is 19.5. The Labute approximate surface area is 162 Å². The topological polar surface area (TPSA) is 114 Å². The zero-order valence-electron chi connectivity index (χ0n) is 14.4. The van der Waals surface area contributed by atoms with E-state index in [1.807, 2.05) is 6.07 Å². The number of pyridine rings is 1. The van der Waals surface area contributed by atoms with Crippen molar-refractivity contribution in [2.75, 3.05) is 10.6 Å². The normalized spacial score (nSPS) is 10.7. The van der Waals surface area contributed by atoms with Gasteiger partial charge < -0.3 is 20.7 Å². The van der Waals surface area contributed by atoms with E-state index in [9.17, 15) is 14.9 Å². The van der Waals surface area contributed by atoms with Gasteiger partial charge in [-0.15, -0.1) is 0 Å². The molecule has 4 rings (SSSR count).